The van der Waals surface area contributed by atoms with E-state index in [4.69, 9.17) is 0 Å². The Hall–Kier alpha value is -1.86. The molecule has 2 N–H and O–H groups in total. The van der Waals surface area contributed by atoms with Gasteiger partial charge in [-0.15, -0.1) is 6.58 Å². The smallest absolute Gasteiger partial charge is 0.321 e. The van der Waals surface area contributed by atoms with E-state index in [9.17, 15) is 13.2 Å². The minimum atomic E-state index is -3.37. The van der Waals surface area contributed by atoms with E-state index in [1.807, 2.05) is 4.90 Å². The number of rotatable bonds is 6. The predicted octanol–water partition coefficient (Wildman–Crippen LogP) is 2.70. The van der Waals surface area contributed by atoms with Crippen molar-refractivity contribution in [1.29, 1.82) is 0 Å². The third-order valence-corrected chi connectivity index (χ3v) is 5.22. The average Bonchev–Trinajstić information content (AvgIpc) is 2.84. The first-order valence-corrected chi connectivity index (χ1v) is 9.88. The third kappa shape index (κ3) is 5.98. The van der Waals surface area contributed by atoms with Gasteiger partial charge in [0.15, 0.2) is 0 Å². The highest BCUT2D eigenvalue weighted by atomic mass is 32.2. The number of carbonyl (C=O) groups excluding carboxylic acids is 1. The van der Waals surface area contributed by atoms with Gasteiger partial charge in [-0.3, -0.25) is 0 Å². The number of hydrogen-bond donors (Lipinski definition) is 2. The van der Waals surface area contributed by atoms with Crippen molar-refractivity contribution in [2.75, 3.05) is 25.0 Å². The molecule has 1 heterocycles. The highest BCUT2D eigenvalue weighted by Gasteiger charge is 2.15. The minimum Gasteiger partial charge on any atom is -0.325 e. The van der Waals surface area contributed by atoms with Crippen LogP contribution < -0.4 is 10.0 Å². The van der Waals surface area contributed by atoms with Gasteiger partial charge in [0, 0.05) is 25.3 Å². The van der Waals surface area contributed by atoms with Crippen LogP contribution in [0.15, 0.2) is 36.9 Å². The normalized spacial score (nSPS) is 15.6. The number of benzene rings is 1. The molecule has 1 aliphatic rings. The van der Waals surface area contributed by atoms with Crippen molar-refractivity contribution < 1.29 is 13.2 Å². The fourth-order valence-corrected chi connectivity index (χ4v) is 3.72. The molecule has 7 heteroatoms. The Morgan fingerprint density at radius 1 is 1.12 bits per heavy atom. The van der Waals surface area contributed by atoms with E-state index in [2.05, 4.69) is 16.6 Å². The molecule has 2 rings (SSSR count). The molecule has 0 saturated carbocycles. The van der Waals surface area contributed by atoms with Crippen LogP contribution in [0.4, 0.5) is 10.5 Å². The largest absolute Gasteiger partial charge is 0.325 e. The zero-order valence-corrected chi connectivity index (χ0v) is 14.6. The molecule has 0 unspecified atom stereocenters. The molecule has 0 aromatic heterocycles. The predicted molar refractivity (Wildman–Crippen MR) is 96.3 cm³/mol. The van der Waals surface area contributed by atoms with E-state index in [1.54, 1.807) is 24.3 Å². The topological polar surface area (TPSA) is 78.5 Å². The second-order valence-corrected chi connectivity index (χ2v) is 7.73. The number of amides is 2. The van der Waals surface area contributed by atoms with Crippen molar-refractivity contribution in [2.45, 2.75) is 31.4 Å². The highest BCUT2D eigenvalue weighted by Crippen LogP contribution is 2.14. The lowest BCUT2D eigenvalue weighted by atomic mass is 10.2. The molecule has 24 heavy (non-hydrogen) atoms. The summed E-state index contributed by atoms with van der Waals surface area (Å²) in [5.74, 6) is -0.0960. The van der Waals surface area contributed by atoms with Crippen LogP contribution in [0.1, 0.15) is 31.2 Å². The highest BCUT2D eigenvalue weighted by molar-refractivity contribution is 7.88. The number of urea groups is 1. The van der Waals surface area contributed by atoms with Crippen LogP contribution in [-0.2, 0) is 15.8 Å². The van der Waals surface area contributed by atoms with Crippen molar-refractivity contribution in [3.05, 3.63) is 42.5 Å². The quantitative estimate of drug-likeness (QED) is 0.774. The van der Waals surface area contributed by atoms with Crippen LogP contribution in [0.3, 0.4) is 0 Å². The fraction of sp³-hybridized carbons (Fsp3) is 0.471. The summed E-state index contributed by atoms with van der Waals surface area (Å²) in [6, 6.07) is 6.79. The van der Waals surface area contributed by atoms with E-state index < -0.39 is 10.0 Å². The Kier molecular flexibility index (Phi) is 6.81. The van der Waals surface area contributed by atoms with Gasteiger partial charge in [-0.05, 0) is 30.5 Å². The lowest BCUT2D eigenvalue weighted by molar-refractivity contribution is 0.214. The number of nitrogens with one attached hydrogen (secondary N) is 2. The molecule has 0 bridgehead atoms. The maximum Gasteiger partial charge on any atom is 0.321 e. The SMILES string of the molecule is C=CCNS(=O)(=O)Cc1ccc(NC(=O)N2CCCCCC2)cc1. The first kappa shape index (κ1) is 18.5. The maximum atomic E-state index is 12.3. The van der Waals surface area contributed by atoms with Crippen LogP contribution in [0, 0.1) is 0 Å². The molecule has 1 saturated heterocycles. The second-order valence-electron chi connectivity index (χ2n) is 5.92. The van der Waals surface area contributed by atoms with Crippen molar-refractivity contribution >= 4 is 21.7 Å². The number of anilines is 1. The van der Waals surface area contributed by atoms with Crippen LogP contribution in [0.5, 0.6) is 0 Å². The molecule has 1 fully saturated rings. The van der Waals surface area contributed by atoms with Crippen molar-refractivity contribution in [2.24, 2.45) is 0 Å². The summed E-state index contributed by atoms with van der Waals surface area (Å²) in [6.07, 6.45) is 5.93. The molecule has 132 valence electrons. The van der Waals surface area contributed by atoms with Gasteiger partial charge in [0.05, 0.1) is 5.75 Å². The van der Waals surface area contributed by atoms with Crippen LogP contribution in [0.2, 0.25) is 0 Å². The fourth-order valence-electron chi connectivity index (χ4n) is 2.62. The Morgan fingerprint density at radius 3 is 2.33 bits per heavy atom. The maximum absolute atomic E-state index is 12.3. The van der Waals surface area contributed by atoms with Crippen molar-refractivity contribution in [3.63, 3.8) is 0 Å². The van der Waals surface area contributed by atoms with E-state index >= 15 is 0 Å². The lowest BCUT2D eigenvalue weighted by Crippen LogP contribution is -2.35. The van der Waals surface area contributed by atoms with Crippen LogP contribution in [0.25, 0.3) is 0 Å². The summed E-state index contributed by atoms with van der Waals surface area (Å²) < 4.78 is 26.1. The van der Waals surface area contributed by atoms with Gasteiger partial charge < -0.3 is 10.2 Å². The van der Waals surface area contributed by atoms with Gasteiger partial charge >= 0.3 is 6.03 Å². The molecule has 0 radical (unpaired) electrons. The monoisotopic (exact) mass is 351 g/mol. The molecular weight excluding hydrogens is 326 g/mol. The van der Waals surface area contributed by atoms with Gasteiger partial charge in [0.2, 0.25) is 10.0 Å². The van der Waals surface area contributed by atoms with Crippen LogP contribution >= 0.6 is 0 Å². The van der Waals surface area contributed by atoms with Gasteiger partial charge in [0.1, 0.15) is 0 Å². The van der Waals surface area contributed by atoms with E-state index in [0.717, 1.165) is 25.9 Å². The number of nitrogens with zero attached hydrogens (tertiary/aromatic N) is 1. The summed E-state index contributed by atoms with van der Waals surface area (Å²) >= 11 is 0. The summed E-state index contributed by atoms with van der Waals surface area (Å²) in [7, 11) is -3.37. The number of likely N-dealkylation sites (tertiary alicyclic amines) is 1. The summed E-state index contributed by atoms with van der Waals surface area (Å²) in [4.78, 5) is 14.1. The standard InChI is InChI=1S/C17H25N3O3S/c1-2-11-18-24(22,23)14-15-7-9-16(10-8-15)19-17(21)20-12-5-3-4-6-13-20/h2,7-10,18H,1,3-6,11-14H2,(H,19,21). The summed E-state index contributed by atoms with van der Waals surface area (Å²) in [6.45, 7) is 5.28. The van der Waals surface area contributed by atoms with Crippen molar-refractivity contribution in [1.82, 2.24) is 9.62 Å². The molecule has 0 atom stereocenters. The Labute approximate surface area is 144 Å². The average molecular weight is 351 g/mol. The third-order valence-electron chi connectivity index (χ3n) is 3.90. The van der Waals surface area contributed by atoms with Gasteiger partial charge in [-0.1, -0.05) is 31.1 Å². The molecule has 6 nitrogen and oxygen atoms in total. The molecule has 1 aromatic carbocycles. The molecule has 0 spiro atoms. The Bertz CT molecular complexity index is 648. The van der Waals surface area contributed by atoms with Gasteiger partial charge in [0.25, 0.3) is 0 Å². The first-order chi connectivity index (χ1) is 11.5. The van der Waals surface area contributed by atoms with Crippen molar-refractivity contribution in [3.8, 4) is 0 Å². The van der Waals surface area contributed by atoms with E-state index in [0.29, 0.717) is 11.3 Å². The lowest BCUT2D eigenvalue weighted by Gasteiger charge is -2.20. The number of carbonyl (C=O) groups is 1. The summed E-state index contributed by atoms with van der Waals surface area (Å²) in [5.41, 5.74) is 1.34. The summed E-state index contributed by atoms with van der Waals surface area (Å²) in [5, 5.41) is 2.87. The van der Waals surface area contributed by atoms with E-state index in [1.165, 1.54) is 18.9 Å². The molecule has 1 aliphatic heterocycles. The van der Waals surface area contributed by atoms with Gasteiger partial charge in [-0.2, -0.15) is 0 Å². The molecule has 2 amide bonds. The Balaban J connectivity index is 1.91. The zero-order valence-electron chi connectivity index (χ0n) is 13.8. The van der Waals surface area contributed by atoms with E-state index in [-0.39, 0.29) is 18.3 Å². The molecular formula is C17H25N3O3S. The zero-order chi connectivity index (χ0) is 17.4. The molecule has 1 aromatic rings. The second kappa shape index (κ2) is 8.84. The number of hydrogen-bond acceptors (Lipinski definition) is 3. The van der Waals surface area contributed by atoms with Crippen LogP contribution in [-0.4, -0.2) is 39.0 Å². The minimum absolute atomic E-state index is 0.0927. The van der Waals surface area contributed by atoms with Gasteiger partial charge in [-0.25, -0.2) is 17.9 Å². The molecule has 0 aliphatic carbocycles. The first-order valence-electron chi connectivity index (χ1n) is 8.23. The number of sulfonamides is 1. The Morgan fingerprint density at radius 2 is 1.75 bits per heavy atom.